The van der Waals surface area contributed by atoms with Gasteiger partial charge in [-0.15, -0.1) is 0 Å². The van der Waals surface area contributed by atoms with E-state index in [1.165, 1.54) is 8.61 Å². The summed E-state index contributed by atoms with van der Waals surface area (Å²) >= 11 is 3.47. The van der Waals surface area contributed by atoms with Gasteiger partial charge in [0.05, 0.1) is 19.1 Å². The normalized spacial score (nSPS) is 22.9. The molecule has 2 aliphatic heterocycles. The zero-order valence-corrected chi connectivity index (χ0v) is 17.0. The van der Waals surface area contributed by atoms with E-state index in [4.69, 9.17) is 4.74 Å². The second-order valence-electron chi connectivity index (χ2n) is 6.53. The highest BCUT2D eigenvalue weighted by Gasteiger charge is 2.36. The van der Waals surface area contributed by atoms with Gasteiger partial charge in [0.15, 0.2) is 0 Å². The summed E-state index contributed by atoms with van der Waals surface area (Å²) in [6.07, 6.45) is 1.40. The zero-order valence-electron chi connectivity index (χ0n) is 14.6. The number of benzene rings is 1. The van der Waals surface area contributed by atoms with Crippen LogP contribution in [0, 0.1) is 5.92 Å². The number of rotatable bonds is 5. The Morgan fingerprint density at radius 2 is 1.92 bits per heavy atom. The smallest absolute Gasteiger partial charge is 0.282 e. The van der Waals surface area contributed by atoms with Gasteiger partial charge < -0.3 is 10.1 Å². The highest BCUT2D eigenvalue weighted by atomic mass is 79.9. The van der Waals surface area contributed by atoms with Crippen molar-refractivity contribution in [1.29, 1.82) is 0 Å². The SMILES string of the molecule is O=C(NCc1ccccc1Br)[C@H]1CCCN(S(=O)(=O)N2CCOCC2)C1. The molecule has 7 nitrogen and oxygen atoms in total. The topological polar surface area (TPSA) is 79.0 Å². The van der Waals surface area contributed by atoms with Gasteiger partial charge in [-0.25, -0.2) is 0 Å². The Balaban J connectivity index is 1.59. The number of morpholine rings is 1. The molecule has 1 aromatic rings. The standard InChI is InChI=1S/C17H24BrN3O4S/c18-16-6-2-1-4-14(16)12-19-17(22)15-5-3-7-21(13-15)26(23,24)20-8-10-25-11-9-20/h1-2,4,6,15H,3,5,7-13H2,(H,19,22)/t15-/m0/s1. The number of nitrogens with one attached hydrogen (secondary N) is 1. The van der Waals surface area contributed by atoms with E-state index in [0.29, 0.717) is 52.2 Å². The van der Waals surface area contributed by atoms with Gasteiger partial charge in [-0.3, -0.25) is 4.79 Å². The largest absolute Gasteiger partial charge is 0.379 e. The fourth-order valence-electron chi connectivity index (χ4n) is 3.28. The van der Waals surface area contributed by atoms with Crippen LogP contribution in [-0.4, -0.2) is 62.3 Å². The second-order valence-corrected chi connectivity index (χ2v) is 9.31. The Morgan fingerprint density at radius 1 is 1.19 bits per heavy atom. The molecule has 0 aromatic heterocycles. The molecule has 3 rings (SSSR count). The Labute approximate surface area is 163 Å². The van der Waals surface area contributed by atoms with Crippen LogP contribution in [0.3, 0.4) is 0 Å². The molecule has 2 fully saturated rings. The van der Waals surface area contributed by atoms with Gasteiger partial charge in [0, 0.05) is 37.2 Å². The van der Waals surface area contributed by atoms with E-state index < -0.39 is 10.2 Å². The molecule has 2 saturated heterocycles. The first-order valence-corrected chi connectivity index (χ1v) is 11.0. The maximum absolute atomic E-state index is 12.8. The van der Waals surface area contributed by atoms with E-state index in [2.05, 4.69) is 21.2 Å². The van der Waals surface area contributed by atoms with Crippen LogP contribution in [0.1, 0.15) is 18.4 Å². The van der Waals surface area contributed by atoms with E-state index in [9.17, 15) is 13.2 Å². The molecule has 1 atom stereocenters. The van der Waals surface area contributed by atoms with Crippen molar-refractivity contribution in [3.63, 3.8) is 0 Å². The lowest BCUT2D eigenvalue weighted by molar-refractivity contribution is -0.126. The van der Waals surface area contributed by atoms with Crippen LogP contribution >= 0.6 is 15.9 Å². The van der Waals surface area contributed by atoms with Crippen molar-refractivity contribution in [3.05, 3.63) is 34.3 Å². The Morgan fingerprint density at radius 3 is 2.65 bits per heavy atom. The maximum atomic E-state index is 12.8. The van der Waals surface area contributed by atoms with Crippen molar-refractivity contribution in [1.82, 2.24) is 13.9 Å². The van der Waals surface area contributed by atoms with Crippen LogP contribution in [0.25, 0.3) is 0 Å². The van der Waals surface area contributed by atoms with Crippen LogP contribution in [0.2, 0.25) is 0 Å². The summed E-state index contributed by atoms with van der Waals surface area (Å²) in [6.45, 7) is 2.71. The summed E-state index contributed by atoms with van der Waals surface area (Å²) in [7, 11) is -3.53. The number of amides is 1. The first-order valence-electron chi connectivity index (χ1n) is 8.82. The number of piperidine rings is 1. The predicted octanol–water partition coefficient (Wildman–Crippen LogP) is 1.35. The Kier molecular flexibility index (Phi) is 6.68. The summed E-state index contributed by atoms with van der Waals surface area (Å²) in [4.78, 5) is 12.6. The highest BCUT2D eigenvalue weighted by Crippen LogP contribution is 2.22. The third-order valence-corrected chi connectivity index (χ3v) is 7.56. The summed E-state index contributed by atoms with van der Waals surface area (Å²) in [6, 6.07) is 7.72. The van der Waals surface area contributed by atoms with Crippen molar-refractivity contribution in [2.45, 2.75) is 19.4 Å². The van der Waals surface area contributed by atoms with Gasteiger partial charge in [0.2, 0.25) is 5.91 Å². The van der Waals surface area contributed by atoms with Crippen molar-refractivity contribution in [2.75, 3.05) is 39.4 Å². The van der Waals surface area contributed by atoms with Gasteiger partial charge in [0.1, 0.15) is 0 Å². The van der Waals surface area contributed by atoms with Crippen molar-refractivity contribution in [2.24, 2.45) is 5.92 Å². The van der Waals surface area contributed by atoms with E-state index in [1.54, 1.807) is 0 Å². The molecule has 144 valence electrons. The molecule has 1 N–H and O–H groups in total. The first kappa shape index (κ1) is 19.8. The number of ether oxygens (including phenoxy) is 1. The molecule has 2 heterocycles. The van der Waals surface area contributed by atoms with Crippen molar-refractivity contribution >= 4 is 32.0 Å². The Hall–Kier alpha value is -1.00. The average Bonchev–Trinajstić information content (AvgIpc) is 2.68. The lowest BCUT2D eigenvalue weighted by Crippen LogP contribution is -2.52. The van der Waals surface area contributed by atoms with Crippen LogP contribution in [-0.2, 0) is 26.3 Å². The van der Waals surface area contributed by atoms with Gasteiger partial charge in [-0.2, -0.15) is 17.0 Å². The van der Waals surface area contributed by atoms with E-state index >= 15 is 0 Å². The van der Waals surface area contributed by atoms with Gasteiger partial charge >= 0.3 is 0 Å². The minimum Gasteiger partial charge on any atom is -0.379 e. The van der Waals surface area contributed by atoms with Gasteiger partial charge in [-0.05, 0) is 24.5 Å². The lowest BCUT2D eigenvalue weighted by Gasteiger charge is -2.36. The molecule has 0 saturated carbocycles. The van der Waals surface area contributed by atoms with Crippen LogP contribution in [0.15, 0.2) is 28.7 Å². The van der Waals surface area contributed by atoms with Gasteiger partial charge in [-0.1, -0.05) is 34.1 Å². The number of hydrogen-bond donors (Lipinski definition) is 1. The maximum Gasteiger partial charge on any atom is 0.282 e. The summed E-state index contributed by atoms with van der Waals surface area (Å²) in [5, 5.41) is 2.94. The minimum absolute atomic E-state index is 0.0948. The predicted molar refractivity (Wildman–Crippen MR) is 102 cm³/mol. The van der Waals surface area contributed by atoms with E-state index in [0.717, 1.165) is 10.0 Å². The van der Waals surface area contributed by atoms with Gasteiger partial charge in [0.25, 0.3) is 10.2 Å². The number of halogens is 1. The molecule has 0 radical (unpaired) electrons. The average molecular weight is 446 g/mol. The zero-order chi connectivity index (χ0) is 18.6. The molecule has 1 amide bonds. The molecule has 0 aliphatic carbocycles. The number of hydrogen-bond acceptors (Lipinski definition) is 4. The number of carbonyl (C=O) groups is 1. The summed E-state index contributed by atoms with van der Waals surface area (Å²) in [5.74, 6) is -0.412. The lowest BCUT2D eigenvalue weighted by atomic mass is 9.99. The molecule has 0 bridgehead atoms. The highest BCUT2D eigenvalue weighted by molar-refractivity contribution is 9.10. The second kappa shape index (κ2) is 8.79. The fraction of sp³-hybridized carbons (Fsp3) is 0.588. The molecule has 0 spiro atoms. The van der Waals surface area contributed by atoms with Crippen LogP contribution in [0.4, 0.5) is 0 Å². The first-order chi connectivity index (χ1) is 12.5. The fourth-order valence-corrected chi connectivity index (χ4v) is 5.37. The summed E-state index contributed by atoms with van der Waals surface area (Å²) < 4.78 is 34.7. The number of nitrogens with zero attached hydrogens (tertiary/aromatic N) is 2. The number of carbonyl (C=O) groups excluding carboxylic acids is 1. The van der Waals surface area contributed by atoms with Crippen LogP contribution in [0.5, 0.6) is 0 Å². The van der Waals surface area contributed by atoms with E-state index in [-0.39, 0.29) is 18.4 Å². The van der Waals surface area contributed by atoms with Crippen LogP contribution < -0.4 is 5.32 Å². The van der Waals surface area contributed by atoms with Crippen molar-refractivity contribution < 1.29 is 17.9 Å². The molecule has 9 heteroatoms. The molecular weight excluding hydrogens is 422 g/mol. The molecule has 2 aliphatic rings. The molecule has 26 heavy (non-hydrogen) atoms. The third-order valence-electron chi connectivity index (χ3n) is 4.79. The quantitative estimate of drug-likeness (QED) is 0.741. The molecule has 0 unspecified atom stereocenters. The van der Waals surface area contributed by atoms with E-state index in [1.807, 2.05) is 24.3 Å². The third kappa shape index (κ3) is 4.64. The minimum atomic E-state index is -3.53. The summed E-state index contributed by atoms with van der Waals surface area (Å²) in [5.41, 5.74) is 0.995. The Bertz CT molecular complexity index is 737. The monoisotopic (exact) mass is 445 g/mol. The van der Waals surface area contributed by atoms with Crippen molar-refractivity contribution in [3.8, 4) is 0 Å². The molecular formula is C17H24BrN3O4S. The molecule has 1 aromatic carbocycles.